The van der Waals surface area contributed by atoms with Gasteiger partial charge in [-0.1, -0.05) is 111 Å². The summed E-state index contributed by atoms with van der Waals surface area (Å²) in [5.41, 5.74) is 13.0. The molecule has 0 saturated carbocycles. The molecule has 0 fully saturated rings. The van der Waals surface area contributed by atoms with Crippen LogP contribution in [0.15, 0.2) is 158 Å². The molecule has 0 spiro atoms. The Hall–Kier alpha value is -6.56. The van der Waals surface area contributed by atoms with Crippen LogP contribution in [0.4, 0.5) is 0 Å². The van der Waals surface area contributed by atoms with Crippen LogP contribution in [0.5, 0.6) is 0 Å². The van der Waals surface area contributed by atoms with Gasteiger partial charge in [-0.25, -0.2) is 9.97 Å². The first-order valence-corrected chi connectivity index (χ1v) is 19.3. The molecule has 0 bridgehead atoms. The zero-order valence-corrected chi connectivity index (χ0v) is 30.5. The minimum Gasteiger partial charge on any atom is -0.309 e. The number of hydrogen-bond donors (Lipinski definition) is 0. The fraction of sp³-hybridized carbons (Fsp3) is 0.0612. The van der Waals surface area contributed by atoms with Crippen molar-refractivity contribution in [1.82, 2.24) is 19.1 Å². The van der Waals surface area contributed by atoms with Gasteiger partial charge in [0.1, 0.15) is 0 Å². The van der Waals surface area contributed by atoms with Crippen molar-refractivity contribution in [3.05, 3.63) is 169 Å². The molecule has 4 aromatic heterocycles. The van der Waals surface area contributed by atoms with Crippen LogP contribution in [0.2, 0.25) is 0 Å². The van der Waals surface area contributed by atoms with E-state index in [0.717, 1.165) is 33.5 Å². The van der Waals surface area contributed by atoms with Gasteiger partial charge in [0.05, 0.1) is 27.8 Å². The van der Waals surface area contributed by atoms with Crippen molar-refractivity contribution in [2.75, 3.05) is 0 Å². The zero-order chi connectivity index (χ0) is 35.7. The Balaban J connectivity index is 1.08. The van der Waals surface area contributed by atoms with Crippen LogP contribution in [0, 0.1) is 0 Å². The first-order valence-electron chi connectivity index (χ1n) is 18.5. The van der Waals surface area contributed by atoms with Crippen LogP contribution < -0.4 is 0 Å². The molecule has 254 valence electrons. The second-order valence-corrected chi connectivity index (χ2v) is 16.1. The van der Waals surface area contributed by atoms with E-state index in [1.807, 2.05) is 23.6 Å². The average molecular weight is 709 g/mol. The molecule has 0 amide bonds. The third kappa shape index (κ3) is 3.97. The standard InChI is InChI=1S/C49H32N4S/c1-49(2)38-17-9-6-14-31(38)36-27-37-32-21-20-29(26-43(32)52(44(37)28-39(36)49)30-12-4-3-5-13-30)40-24-25-50-48(51-40)53-41-18-10-7-16-35(41)46-42(53)23-22-34-33-15-8-11-19-45(33)54-47(34)46/h3-28H,1-2H3. The smallest absolute Gasteiger partial charge is 0.235 e. The maximum absolute atomic E-state index is 5.31. The van der Waals surface area contributed by atoms with E-state index in [2.05, 4.69) is 169 Å². The average Bonchev–Trinajstić information content (AvgIpc) is 3.92. The molecule has 4 heterocycles. The lowest BCUT2D eigenvalue weighted by Gasteiger charge is -2.21. The van der Waals surface area contributed by atoms with Crippen LogP contribution in [0.1, 0.15) is 25.0 Å². The summed E-state index contributed by atoms with van der Waals surface area (Å²) in [4.78, 5) is 10.2. The lowest BCUT2D eigenvalue weighted by Crippen LogP contribution is -2.14. The van der Waals surface area contributed by atoms with Crippen LogP contribution >= 0.6 is 11.3 Å². The van der Waals surface area contributed by atoms with Gasteiger partial charge in [0.15, 0.2) is 0 Å². The molecule has 0 atom stereocenters. The van der Waals surface area contributed by atoms with Gasteiger partial charge >= 0.3 is 0 Å². The minimum atomic E-state index is -0.0871. The first-order chi connectivity index (χ1) is 26.5. The molecule has 0 unspecified atom stereocenters. The van der Waals surface area contributed by atoms with Gasteiger partial charge in [0.25, 0.3) is 0 Å². The highest BCUT2D eigenvalue weighted by molar-refractivity contribution is 7.26. The van der Waals surface area contributed by atoms with Gasteiger partial charge < -0.3 is 4.57 Å². The molecule has 1 aliphatic carbocycles. The number of rotatable bonds is 3. The van der Waals surface area contributed by atoms with Crippen LogP contribution in [-0.2, 0) is 5.41 Å². The highest BCUT2D eigenvalue weighted by atomic mass is 32.1. The zero-order valence-electron chi connectivity index (χ0n) is 29.7. The largest absolute Gasteiger partial charge is 0.309 e. The molecular weight excluding hydrogens is 677 g/mol. The Kier molecular flexibility index (Phi) is 5.96. The quantitative estimate of drug-likeness (QED) is 0.183. The second kappa shape index (κ2) is 10.8. The summed E-state index contributed by atoms with van der Waals surface area (Å²) in [6.07, 6.45) is 1.90. The molecular formula is C49H32N4S. The Morgan fingerprint density at radius 1 is 0.519 bits per heavy atom. The van der Waals surface area contributed by atoms with E-state index in [9.17, 15) is 0 Å². The summed E-state index contributed by atoms with van der Waals surface area (Å²) < 4.78 is 7.27. The van der Waals surface area contributed by atoms with Crippen molar-refractivity contribution in [3.63, 3.8) is 0 Å². The van der Waals surface area contributed by atoms with Crippen molar-refractivity contribution in [1.29, 1.82) is 0 Å². The number of benzene rings is 7. The monoisotopic (exact) mass is 708 g/mol. The Bertz CT molecular complexity index is 3360. The fourth-order valence-corrected chi connectivity index (χ4v) is 10.6. The van der Waals surface area contributed by atoms with Crippen molar-refractivity contribution < 1.29 is 0 Å². The molecule has 12 rings (SSSR count). The summed E-state index contributed by atoms with van der Waals surface area (Å²) in [6.45, 7) is 4.71. The fourth-order valence-electron chi connectivity index (χ4n) is 9.29. The van der Waals surface area contributed by atoms with Gasteiger partial charge in [0.2, 0.25) is 5.95 Å². The SMILES string of the molecule is CC1(C)c2ccccc2-c2cc3c4ccc(-c5ccnc(-n6c7ccccc7c7c8sc9ccccc9c8ccc76)n5)cc4n(-c4ccccc4)c3cc21. The maximum Gasteiger partial charge on any atom is 0.235 e. The third-order valence-electron chi connectivity index (χ3n) is 11.8. The van der Waals surface area contributed by atoms with Crippen molar-refractivity contribution >= 4 is 75.1 Å². The van der Waals surface area contributed by atoms with E-state index in [1.54, 1.807) is 0 Å². The minimum absolute atomic E-state index is 0.0871. The molecule has 4 nitrogen and oxygen atoms in total. The van der Waals surface area contributed by atoms with Crippen LogP contribution in [0.3, 0.4) is 0 Å². The number of aromatic nitrogens is 4. The molecule has 0 radical (unpaired) electrons. The summed E-state index contributed by atoms with van der Waals surface area (Å²) >= 11 is 1.86. The van der Waals surface area contributed by atoms with Gasteiger partial charge in [-0.05, 0) is 76.9 Å². The highest BCUT2D eigenvalue weighted by Crippen LogP contribution is 2.51. The number of thiophene rings is 1. The second-order valence-electron chi connectivity index (χ2n) is 15.0. The van der Waals surface area contributed by atoms with E-state index in [-0.39, 0.29) is 5.41 Å². The maximum atomic E-state index is 5.31. The van der Waals surface area contributed by atoms with Gasteiger partial charge in [-0.15, -0.1) is 11.3 Å². The normalized spacial score (nSPS) is 13.5. The number of para-hydroxylation sites is 2. The van der Waals surface area contributed by atoms with E-state index >= 15 is 0 Å². The van der Waals surface area contributed by atoms with E-state index in [1.165, 1.54) is 69.5 Å². The first kappa shape index (κ1) is 30.0. The molecule has 0 N–H and O–H groups in total. The molecule has 5 heteroatoms. The number of hydrogen-bond acceptors (Lipinski definition) is 3. The van der Waals surface area contributed by atoms with Gasteiger partial charge in [0, 0.05) is 64.6 Å². The summed E-state index contributed by atoms with van der Waals surface area (Å²) in [5, 5.41) is 7.55. The van der Waals surface area contributed by atoms with E-state index < -0.39 is 0 Å². The van der Waals surface area contributed by atoms with Crippen molar-refractivity contribution in [3.8, 4) is 34.0 Å². The van der Waals surface area contributed by atoms with Crippen molar-refractivity contribution in [2.45, 2.75) is 19.3 Å². The molecule has 7 aromatic carbocycles. The predicted octanol–water partition coefficient (Wildman–Crippen LogP) is 13.0. The number of nitrogens with zero attached hydrogens (tertiary/aromatic N) is 4. The topological polar surface area (TPSA) is 35.6 Å². The number of fused-ring (bicyclic) bond motifs is 13. The highest BCUT2D eigenvalue weighted by Gasteiger charge is 2.36. The lowest BCUT2D eigenvalue weighted by atomic mass is 9.82. The molecule has 0 saturated heterocycles. The molecule has 1 aliphatic rings. The Morgan fingerprint density at radius 3 is 2.19 bits per heavy atom. The molecule has 54 heavy (non-hydrogen) atoms. The lowest BCUT2D eigenvalue weighted by molar-refractivity contribution is 0.661. The Labute approximate surface area is 315 Å². The van der Waals surface area contributed by atoms with E-state index in [4.69, 9.17) is 9.97 Å². The van der Waals surface area contributed by atoms with Gasteiger partial charge in [-0.3, -0.25) is 4.57 Å². The third-order valence-corrected chi connectivity index (χ3v) is 13.0. The summed E-state index contributed by atoms with van der Waals surface area (Å²) in [7, 11) is 0. The van der Waals surface area contributed by atoms with Crippen molar-refractivity contribution in [2.24, 2.45) is 0 Å². The van der Waals surface area contributed by atoms with Gasteiger partial charge in [-0.2, -0.15) is 0 Å². The van der Waals surface area contributed by atoms with Crippen LogP contribution in [-0.4, -0.2) is 19.1 Å². The molecule has 11 aromatic rings. The molecule has 0 aliphatic heterocycles. The summed E-state index contributed by atoms with van der Waals surface area (Å²) in [6, 6.07) is 55.2. The summed E-state index contributed by atoms with van der Waals surface area (Å²) in [5.74, 6) is 0.667. The van der Waals surface area contributed by atoms with Crippen LogP contribution in [0.25, 0.3) is 97.8 Å². The Morgan fingerprint density at radius 2 is 1.28 bits per heavy atom. The predicted molar refractivity (Wildman–Crippen MR) is 227 cm³/mol. The van der Waals surface area contributed by atoms with E-state index in [0.29, 0.717) is 5.95 Å².